The van der Waals surface area contributed by atoms with Crippen LogP contribution in [0.15, 0.2) is 24.3 Å². The number of nitrogens with zero attached hydrogens (tertiary/aromatic N) is 1. The van der Waals surface area contributed by atoms with Crippen LogP contribution in [0.2, 0.25) is 0 Å². The smallest absolute Gasteiger partial charge is 0.303 e. The van der Waals surface area contributed by atoms with E-state index in [1.807, 2.05) is 0 Å². The molecule has 3 amide bonds. The lowest BCUT2D eigenvalue weighted by molar-refractivity contribution is -0.166. The average molecular weight is 410 g/mol. The van der Waals surface area contributed by atoms with Gasteiger partial charge in [-0.3, -0.25) is 24.4 Å². The molecule has 0 aromatic heterocycles. The molecule has 11 nitrogen and oxygen atoms in total. The van der Waals surface area contributed by atoms with Crippen LogP contribution in [0.5, 0.6) is 5.75 Å². The molecule has 11 heteroatoms. The summed E-state index contributed by atoms with van der Waals surface area (Å²) in [5.41, 5.74) is 5.43. The lowest BCUT2D eigenvalue weighted by atomic mass is 10.2. The van der Waals surface area contributed by atoms with Crippen LogP contribution in [0, 0.1) is 0 Å². The molecule has 29 heavy (non-hydrogen) atoms. The number of primary amides is 1. The molecule has 1 aromatic carbocycles. The molecule has 0 aliphatic rings. The predicted octanol–water partition coefficient (Wildman–Crippen LogP) is 0.288. The van der Waals surface area contributed by atoms with Crippen molar-refractivity contribution in [2.75, 3.05) is 18.5 Å². The quantitative estimate of drug-likeness (QED) is 0.134. The van der Waals surface area contributed by atoms with E-state index in [-0.39, 0.29) is 32.4 Å². The van der Waals surface area contributed by atoms with Gasteiger partial charge in [-0.05, 0) is 25.5 Å². The lowest BCUT2D eigenvalue weighted by Gasteiger charge is -2.24. The Bertz CT molecular complexity index is 726. The highest BCUT2D eigenvalue weighted by molar-refractivity contribution is 5.90. The molecular formula is C18H26N4O7. The fraction of sp³-hybridized carbons (Fsp3) is 0.444. The van der Waals surface area contributed by atoms with Crippen molar-refractivity contribution in [2.24, 2.45) is 5.73 Å². The van der Waals surface area contributed by atoms with E-state index < -0.39 is 29.9 Å². The fourth-order valence-electron chi connectivity index (χ4n) is 2.19. The van der Waals surface area contributed by atoms with Crippen LogP contribution in [0.25, 0.3) is 0 Å². The van der Waals surface area contributed by atoms with Gasteiger partial charge < -0.3 is 26.2 Å². The minimum atomic E-state index is -1.29. The summed E-state index contributed by atoms with van der Waals surface area (Å²) in [5, 5.41) is 24.0. The van der Waals surface area contributed by atoms with Crippen molar-refractivity contribution in [1.29, 1.82) is 0 Å². The molecular weight excluding hydrogens is 384 g/mol. The maximum absolute atomic E-state index is 12.3. The molecule has 6 N–H and O–H groups in total. The first kappa shape index (κ1) is 23.7. The van der Waals surface area contributed by atoms with E-state index in [1.54, 1.807) is 31.2 Å². The molecule has 0 fully saturated rings. The van der Waals surface area contributed by atoms with Gasteiger partial charge in [-0.15, -0.1) is 0 Å². The first-order valence-electron chi connectivity index (χ1n) is 9.02. The molecule has 0 radical (unpaired) electrons. The fourth-order valence-corrected chi connectivity index (χ4v) is 2.19. The normalized spacial score (nSPS) is 11.2. The largest absolute Gasteiger partial charge is 0.494 e. The second kappa shape index (κ2) is 12.2. The van der Waals surface area contributed by atoms with E-state index in [2.05, 4.69) is 10.6 Å². The summed E-state index contributed by atoms with van der Waals surface area (Å²) in [7, 11) is 0. The Balaban J connectivity index is 2.79. The molecule has 0 saturated carbocycles. The number of nitrogens with one attached hydrogen (secondary N) is 2. The molecule has 0 bridgehead atoms. The predicted molar refractivity (Wildman–Crippen MR) is 102 cm³/mol. The lowest BCUT2D eigenvalue weighted by Crippen LogP contribution is -2.52. The second-order valence-electron chi connectivity index (χ2n) is 6.04. The number of hydroxylamine groups is 2. The van der Waals surface area contributed by atoms with E-state index >= 15 is 0 Å². The Morgan fingerprint density at radius 3 is 2.55 bits per heavy atom. The zero-order chi connectivity index (χ0) is 21.8. The zero-order valence-electron chi connectivity index (χ0n) is 16.1. The molecule has 1 unspecified atom stereocenters. The topological polar surface area (TPSA) is 171 Å². The molecule has 0 spiro atoms. The van der Waals surface area contributed by atoms with Crippen molar-refractivity contribution in [1.82, 2.24) is 10.4 Å². The number of hydrogen-bond donors (Lipinski definition) is 5. The molecule has 0 saturated heterocycles. The summed E-state index contributed by atoms with van der Waals surface area (Å²) in [5.74, 6) is -2.53. The van der Waals surface area contributed by atoms with E-state index in [1.165, 1.54) is 0 Å². The van der Waals surface area contributed by atoms with Crippen LogP contribution in [-0.2, 0) is 19.2 Å². The van der Waals surface area contributed by atoms with Gasteiger partial charge in [0, 0.05) is 37.6 Å². The number of benzene rings is 1. The molecule has 0 aliphatic heterocycles. The third kappa shape index (κ3) is 9.42. The van der Waals surface area contributed by atoms with Gasteiger partial charge in [0.1, 0.15) is 5.75 Å². The van der Waals surface area contributed by atoms with Crippen LogP contribution < -0.4 is 21.1 Å². The monoisotopic (exact) mass is 410 g/mol. The Hall–Kier alpha value is -3.34. The van der Waals surface area contributed by atoms with Gasteiger partial charge >= 0.3 is 5.97 Å². The van der Waals surface area contributed by atoms with Gasteiger partial charge in [-0.2, -0.15) is 0 Å². The third-order valence-electron chi connectivity index (χ3n) is 3.65. The molecule has 1 atom stereocenters. The Kier molecular flexibility index (Phi) is 9.96. The third-order valence-corrected chi connectivity index (χ3v) is 3.65. The number of carbonyl (C=O) groups is 4. The van der Waals surface area contributed by atoms with Crippen molar-refractivity contribution in [2.45, 2.75) is 38.8 Å². The second-order valence-corrected chi connectivity index (χ2v) is 6.04. The van der Waals surface area contributed by atoms with Crippen molar-refractivity contribution in [3.8, 4) is 5.75 Å². The van der Waals surface area contributed by atoms with Crippen molar-refractivity contribution < 1.29 is 34.2 Å². The van der Waals surface area contributed by atoms with Crippen LogP contribution in [0.4, 0.5) is 5.69 Å². The summed E-state index contributed by atoms with van der Waals surface area (Å²) in [6.45, 7) is 1.75. The standard InChI is InChI=1S/C18H26N4O7/c1-2-22(28)18(27)17(21-15(24)9-8-14(19)23)20-12-5-3-6-13(11-12)29-10-4-7-16(25)26/h3,5-6,11,17,20,28H,2,4,7-10H2,1H3,(H2,19,23)(H,21,24)(H,25,26). The van der Waals surface area contributed by atoms with E-state index in [9.17, 15) is 24.4 Å². The number of anilines is 1. The summed E-state index contributed by atoms with van der Waals surface area (Å²) >= 11 is 0. The number of carboxylic acids is 1. The Morgan fingerprint density at radius 1 is 1.21 bits per heavy atom. The number of aliphatic carboxylic acids is 1. The SMILES string of the molecule is CCN(O)C(=O)C(NC(=O)CCC(N)=O)Nc1cccc(OCCCC(=O)O)c1. The van der Waals surface area contributed by atoms with E-state index in [4.69, 9.17) is 15.6 Å². The summed E-state index contributed by atoms with van der Waals surface area (Å²) in [6.07, 6.45) is -1.36. The summed E-state index contributed by atoms with van der Waals surface area (Å²) < 4.78 is 5.47. The van der Waals surface area contributed by atoms with Crippen LogP contribution >= 0.6 is 0 Å². The number of hydrogen-bond acceptors (Lipinski definition) is 7. The van der Waals surface area contributed by atoms with Crippen LogP contribution in [-0.4, -0.2) is 58.4 Å². The minimum Gasteiger partial charge on any atom is -0.494 e. The van der Waals surface area contributed by atoms with Crippen molar-refractivity contribution in [3.63, 3.8) is 0 Å². The highest BCUT2D eigenvalue weighted by Gasteiger charge is 2.24. The number of ether oxygens (including phenoxy) is 1. The van der Waals surface area contributed by atoms with Gasteiger partial charge in [0.15, 0.2) is 6.17 Å². The van der Waals surface area contributed by atoms with Gasteiger partial charge in [-0.1, -0.05) is 6.07 Å². The summed E-state index contributed by atoms with van der Waals surface area (Å²) in [6, 6.07) is 6.47. The number of likely N-dealkylation sites (N-methyl/N-ethyl adjacent to an activating group) is 1. The van der Waals surface area contributed by atoms with Crippen molar-refractivity contribution >= 4 is 29.4 Å². The molecule has 1 rings (SSSR count). The first-order chi connectivity index (χ1) is 13.7. The van der Waals surface area contributed by atoms with Crippen molar-refractivity contribution in [3.05, 3.63) is 24.3 Å². The molecule has 1 aromatic rings. The van der Waals surface area contributed by atoms with Gasteiger partial charge in [0.25, 0.3) is 5.91 Å². The van der Waals surface area contributed by atoms with Gasteiger partial charge in [0.05, 0.1) is 6.61 Å². The number of carboxylic acid groups (broad SMARTS) is 1. The number of rotatable bonds is 13. The maximum atomic E-state index is 12.3. The van der Waals surface area contributed by atoms with Crippen LogP contribution in [0.1, 0.15) is 32.6 Å². The number of nitrogens with two attached hydrogens (primary N) is 1. The highest BCUT2D eigenvalue weighted by atomic mass is 16.5. The highest BCUT2D eigenvalue weighted by Crippen LogP contribution is 2.18. The summed E-state index contributed by atoms with van der Waals surface area (Å²) in [4.78, 5) is 45.6. The maximum Gasteiger partial charge on any atom is 0.303 e. The first-order valence-corrected chi connectivity index (χ1v) is 9.02. The van der Waals surface area contributed by atoms with E-state index in [0.717, 1.165) is 0 Å². The number of carbonyl (C=O) groups excluding carboxylic acids is 3. The van der Waals surface area contributed by atoms with E-state index in [0.29, 0.717) is 22.9 Å². The molecule has 160 valence electrons. The average Bonchev–Trinajstić information content (AvgIpc) is 2.68. The Morgan fingerprint density at radius 2 is 1.93 bits per heavy atom. The number of amides is 3. The molecule has 0 aliphatic carbocycles. The Labute approximate surface area is 167 Å². The molecule has 0 heterocycles. The minimum absolute atomic E-state index is 0.000891. The van der Waals surface area contributed by atoms with Crippen LogP contribution in [0.3, 0.4) is 0 Å². The van der Waals surface area contributed by atoms with Gasteiger partial charge in [0.2, 0.25) is 11.8 Å². The van der Waals surface area contributed by atoms with Gasteiger partial charge in [-0.25, -0.2) is 5.06 Å². The zero-order valence-corrected chi connectivity index (χ0v) is 16.1.